The van der Waals surface area contributed by atoms with Gasteiger partial charge >= 0.3 is 0 Å². The van der Waals surface area contributed by atoms with Crippen molar-refractivity contribution in [1.82, 2.24) is 10.6 Å². The maximum atomic E-state index is 15.5. The van der Waals surface area contributed by atoms with E-state index in [1.807, 2.05) is 20.8 Å². The molecule has 0 aliphatic carbocycles. The number of halogens is 4. The zero-order valence-corrected chi connectivity index (χ0v) is 22.4. The highest BCUT2D eigenvalue weighted by Gasteiger charge is 2.60. The van der Waals surface area contributed by atoms with E-state index in [1.54, 1.807) is 0 Å². The number of nitrogens with one attached hydrogen (secondary N) is 2. The van der Waals surface area contributed by atoms with Crippen LogP contribution >= 0.6 is 23.2 Å². The van der Waals surface area contributed by atoms with Crippen LogP contribution in [0.25, 0.3) is 0 Å². The van der Waals surface area contributed by atoms with Gasteiger partial charge in [-0.15, -0.1) is 0 Å². The van der Waals surface area contributed by atoms with Gasteiger partial charge in [-0.25, -0.2) is 8.78 Å². The highest BCUT2D eigenvalue weighted by Crippen LogP contribution is 2.52. The summed E-state index contributed by atoms with van der Waals surface area (Å²) in [4.78, 5) is 13.5. The maximum Gasteiger partial charge on any atom is 0.237 e. The number of hydrogen-bond acceptors (Lipinski definition) is 5. The number of aliphatic hydroxyl groups is 2. The van der Waals surface area contributed by atoms with E-state index in [4.69, 9.17) is 28.3 Å². The van der Waals surface area contributed by atoms with Gasteiger partial charge in [0.05, 0.1) is 29.8 Å². The van der Waals surface area contributed by atoms with Crippen LogP contribution in [0.15, 0.2) is 36.4 Å². The van der Waals surface area contributed by atoms with Crippen LogP contribution in [0, 0.1) is 28.4 Å². The number of aliphatic hydroxyl groups excluding tert-OH is 2. The molecule has 0 bridgehead atoms. The van der Waals surface area contributed by atoms with Crippen LogP contribution < -0.4 is 10.6 Å². The minimum Gasteiger partial charge on any atom is -0.394 e. The van der Waals surface area contributed by atoms with E-state index in [9.17, 15) is 19.6 Å². The van der Waals surface area contributed by atoms with Gasteiger partial charge in [0.2, 0.25) is 5.91 Å². The largest absolute Gasteiger partial charge is 0.394 e. The van der Waals surface area contributed by atoms with Crippen LogP contribution in [0.1, 0.15) is 50.7 Å². The Morgan fingerprint density at radius 3 is 2.49 bits per heavy atom. The molecule has 6 nitrogen and oxygen atoms in total. The first-order valence-corrected chi connectivity index (χ1v) is 12.7. The Labute approximate surface area is 225 Å². The van der Waals surface area contributed by atoms with Gasteiger partial charge < -0.3 is 20.8 Å². The third-order valence-corrected chi connectivity index (χ3v) is 7.23. The Morgan fingerprint density at radius 2 is 1.92 bits per heavy atom. The summed E-state index contributed by atoms with van der Waals surface area (Å²) in [5, 5.41) is 35.5. The average molecular weight is 554 g/mol. The molecule has 1 aliphatic heterocycles. The number of rotatable bonds is 8. The summed E-state index contributed by atoms with van der Waals surface area (Å²) in [6.45, 7) is 5.54. The minimum absolute atomic E-state index is 0.0639. The SMILES string of the molecule is CC(C)(C)CC1NC(C(=O)NCC[C@@H](O)CO)C(c2ccc(F)c(Cl)c2)C1(C#N)c1ccc(Cl)cc1F. The highest BCUT2D eigenvalue weighted by atomic mass is 35.5. The van der Waals surface area contributed by atoms with E-state index in [-0.39, 0.29) is 34.0 Å². The summed E-state index contributed by atoms with van der Waals surface area (Å²) in [7, 11) is 0. The van der Waals surface area contributed by atoms with Crippen LogP contribution in [-0.4, -0.2) is 47.5 Å². The predicted molar refractivity (Wildman–Crippen MR) is 138 cm³/mol. The molecular formula is C27H31Cl2F2N3O3. The van der Waals surface area contributed by atoms with E-state index in [0.29, 0.717) is 12.0 Å². The van der Waals surface area contributed by atoms with Gasteiger partial charge in [0.25, 0.3) is 0 Å². The van der Waals surface area contributed by atoms with Crippen LogP contribution in [0.3, 0.4) is 0 Å². The lowest BCUT2D eigenvalue weighted by Gasteiger charge is -2.37. The first-order valence-electron chi connectivity index (χ1n) is 12.0. The van der Waals surface area contributed by atoms with Crippen molar-refractivity contribution in [2.45, 2.75) is 63.1 Å². The summed E-state index contributed by atoms with van der Waals surface area (Å²) in [5.74, 6) is -2.80. The minimum atomic E-state index is -1.59. The molecule has 0 aromatic heterocycles. The fraction of sp³-hybridized carbons (Fsp3) is 0.481. The molecule has 0 radical (unpaired) electrons. The molecule has 4 N–H and O–H groups in total. The molecule has 1 fully saturated rings. The summed E-state index contributed by atoms with van der Waals surface area (Å²) < 4.78 is 29.6. The number of hydrogen-bond donors (Lipinski definition) is 4. The quantitative estimate of drug-likeness (QED) is 0.386. The van der Waals surface area contributed by atoms with E-state index in [0.717, 1.165) is 12.1 Å². The van der Waals surface area contributed by atoms with Crippen molar-refractivity contribution in [2.24, 2.45) is 5.41 Å². The van der Waals surface area contributed by atoms with E-state index >= 15 is 4.39 Å². The first kappa shape index (κ1) is 29.3. The molecule has 1 saturated heterocycles. The summed E-state index contributed by atoms with van der Waals surface area (Å²) >= 11 is 12.1. The van der Waals surface area contributed by atoms with E-state index < -0.39 is 53.7 Å². The number of carbonyl (C=O) groups is 1. The van der Waals surface area contributed by atoms with Crippen molar-refractivity contribution < 1.29 is 23.8 Å². The molecule has 1 heterocycles. The Balaban J connectivity index is 2.21. The van der Waals surface area contributed by atoms with Gasteiger partial charge in [-0.2, -0.15) is 5.26 Å². The molecule has 0 saturated carbocycles. The average Bonchev–Trinajstić information content (AvgIpc) is 3.13. The van der Waals surface area contributed by atoms with Crippen molar-refractivity contribution in [3.63, 3.8) is 0 Å². The fourth-order valence-corrected chi connectivity index (χ4v) is 5.44. The molecular weight excluding hydrogens is 523 g/mol. The van der Waals surface area contributed by atoms with Gasteiger partial charge in [-0.1, -0.05) is 56.1 Å². The lowest BCUT2D eigenvalue weighted by Crippen LogP contribution is -2.46. The lowest BCUT2D eigenvalue weighted by molar-refractivity contribution is -0.123. The number of carbonyl (C=O) groups excluding carboxylic acids is 1. The fourth-order valence-electron chi connectivity index (χ4n) is 5.10. The number of nitrogens with zero attached hydrogens (tertiary/aromatic N) is 1. The van der Waals surface area contributed by atoms with Crippen LogP contribution in [-0.2, 0) is 10.2 Å². The third-order valence-electron chi connectivity index (χ3n) is 6.71. The molecule has 1 aliphatic rings. The molecule has 2 aromatic carbocycles. The summed E-state index contributed by atoms with van der Waals surface area (Å²) in [5.41, 5.74) is -1.45. The van der Waals surface area contributed by atoms with Gasteiger partial charge in [0.15, 0.2) is 0 Å². The standard InChI is InChI=1S/C27H31Cl2F2N3O3/c1-26(2,3)12-22-27(14-32,18-6-5-16(28)11-21(18)31)23(15-4-7-20(30)19(29)10-15)24(34-22)25(37)33-9-8-17(36)13-35/h4-7,10-11,17,22-24,34-36H,8-9,12-13H2,1-3H3,(H,33,37)/t17-,22?,23?,24?,27?/m1/s1. The lowest BCUT2D eigenvalue weighted by atomic mass is 9.62. The monoisotopic (exact) mass is 553 g/mol. The number of amides is 1. The smallest absolute Gasteiger partial charge is 0.237 e. The first-order chi connectivity index (χ1) is 17.3. The van der Waals surface area contributed by atoms with Crippen LogP contribution in [0.5, 0.6) is 0 Å². The van der Waals surface area contributed by atoms with E-state index in [2.05, 4.69) is 16.7 Å². The van der Waals surface area contributed by atoms with Crippen molar-refractivity contribution in [1.29, 1.82) is 5.26 Å². The summed E-state index contributed by atoms with van der Waals surface area (Å²) in [6.07, 6.45) is -0.484. The molecule has 2 aromatic rings. The molecule has 37 heavy (non-hydrogen) atoms. The zero-order valence-electron chi connectivity index (χ0n) is 20.9. The van der Waals surface area contributed by atoms with Gasteiger partial charge in [-0.05, 0) is 48.1 Å². The Bertz CT molecular complexity index is 1180. The van der Waals surface area contributed by atoms with Gasteiger partial charge in [0.1, 0.15) is 17.0 Å². The number of nitriles is 1. The van der Waals surface area contributed by atoms with Crippen molar-refractivity contribution in [2.75, 3.05) is 13.2 Å². The Hall–Kier alpha value is -2.28. The van der Waals surface area contributed by atoms with Gasteiger partial charge in [-0.3, -0.25) is 4.79 Å². The van der Waals surface area contributed by atoms with Crippen molar-refractivity contribution in [3.05, 3.63) is 69.2 Å². The van der Waals surface area contributed by atoms with Crippen molar-refractivity contribution >= 4 is 29.1 Å². The molecule has 4 unspecified atom stereocenters. The summed E-state index contributed by atoms with van der Waals surface area (Å²) in [6, 6.07) is 8.68. The van der Waals surface area contributed by atoms with Crippen molar-refractivity contribution in [3.8, 4) is 6.07 Å². The Morgan fingerprint density at radius 1 is 1.22 bits per heavy atom. The zero-order chi connectivity index (χ0) is 27.5. The molecule has 10 heteroatoms. The normalized spacial score (nSPS) is 24.5. The molecule has 0 spiro atoms. The third kappa shape index (κ3) is 6.24. The molecule has 1 amide bonds. The second-order valence-electron chi connectivity index (χ2n) is 10.6. The maximum absolute atomic E-state index is 15.5. The number of benzene rings is 2. The highest BCUT2D eigenvalue weighted by molar-refractivity contribution is 6.31. The molecule has 200 valence electrons. The predicted octanol–water partition coefficient (Wildman–Crippen LogP) is 4.45. The van der Waals surface area contributed by atoms with E-state index in [1.165, 1.54) is 24.3 Å². The van der Waals surface area contributed by atoms with Crippen LogP contribution in [0.4, 0.5) is 8.78 Å². The topological polar surface area (TPSA) is 105 Å². The molecule has 5 atom stereocenters. The second kappa shape index (κ2) is 11.6. The van der Waals surface area contributed by atoms with Crippen LogP contribution in [0.2, 0.25) is 10.0 Å². The van der Waals surface area contributed by atoms with Gasteiger partial charge in [0, 0.05) is 29.1 Å². The second-order valence-corrected chi connectivity index (χ2v) is 11.5. The Kier molecular flexibility index (Phi) is 9.20. The molecule has 3 rings (SSSR count).